The van der Waals surface area contributed by atoms with Crippen molar-refractivity contribution in [3.63, 3.8) is 0 Å². The third kappa shape index (κ3) is 3.89. The predicted octanol–water partition coefficient (Wildman–Crippen LogP) is 3.76. The molecule has 0 spiro atoms. The van der Waals surface area contributed by atoms with E-state index in [2.05, 4.69) is 15.5 Å². The van der Waals surface area contributed by atoms with Crippen LogP contribution in [-0.2, 0) is 10.0 Å². The van der Waals surface area contributed by atoms with Gasteiger partial charge in [-0.05, 0) is 37.1 Å². The van der Waals surface area contributed by atoms with Crippen LogP contribution in [0, 0.1) is 0 Å². The Hall–Kier alpha value is -2.25. The first kappa shape index (κ1) is 20.6. The molecule has 0 bridgehead atoms. The highest BCUT2D eigenvalue weighted by molar-refractivity contribution is 7.91. The number of aromatic nitrogens is 2. The summed E-state index contributed by atoms with van der Waals surface area (Å²) in [4.78, 5) is 12.6. The molecule has 2 aliphatic heterocycles. The Bertz CT molecular complexity index is 1260. The Kier molecular flexibility index (Phi) is 5.34. The average molecular weight is 499 g/mol. The molecule has 4 heterocycles. The van der Waals surface area contributed by atoms with Crippen molar-refractivity contribution in [2.75, 3.05) is 18.7 Å². The first-order valence-electron chi connectivity index (χ1n) is 9.23. The minimum atomic E-state index is -3.70. The smallest absolute Gasteiger partial charge is 0.286 e. The predicted molar refractivity (Wildman–Crippen MR) is 116 cm³/mol. The van der Waals surface area contributed by atoms with Gasteiger partial charge in [-0.2, -0.15) is 4.31 Å². The summed E-state index contributed by atoms with van der Waals surface area (Å²) in [6.07, 6.45) is 1.30. The second-order valence-corrected chi connectivity index (χ2v) is 11.6. The summed E-state index contributed by atoms with van der Waals surface area (Å²) in [5.74, 6) is 0.738. The maximum absolute atomic E-state index is 13.0. The number of rotatable bonds is 5. The third-order valence-electron chi connectivity index (χ3n) is 4.87. The van der Waals surface area contributed by atoms with E-state index in [9.17, 15) is 13.2 Å². The van der Waals surface area contributed by atoms with Gasteiger partial charge < -0.3 is 14.8 Å². The molecule has 5 rings (SSSR count). The lowest BCUT2D eigenvalue weighted by atomic mass is 10.2. The molecule has 0 unspecified atom stereocenters. The van der Waals surface area contributed by atoms with Gasteiger partial charge in [-0.25, -0.2) is 8.42 Å². The molecule has 2 aliphatic rings. The highest BCUT2D eigenvalue weighted by Gasteiger charge is 2.39. The molecule has 1 amide bonds. The van der Waals surface area contributed by atoms with Gasteiger partial charge in [0.25, 0.3) is 15.9 Å². The van der Waals surface area contributed by atoms with E-state index in [1.54, 1.807) is 24.3 Å². The number of hydrogen-bond acceptors (Lipinski definition) is 9. The molecule has 1 fully saturated rings. The number of halogens is 1. The summed E-state index contributed by atoms with van der Waals surface area (Å²) in [5.41, 5.74) is 0.533. The number of sulfonamides is 1. The fourth-order valence-corrected chi connectivity index (χ4v) is 7.67. The molecule has 1 atom stereocenters. The third-order valence-corrected chi connectivity index (χ3v) is 9.50. The summed E-state index contributed by atoms with van der Waals surface area (Å²) < 4.78 is 38.7. The number of carbonyl (C=O) groups is 1. The first-order chi connectivity index (χ1) is 14.9. The van der Waals surface area contributed by atoms with E-state index in [1.807, 2.05) is 0 Å². The topological polar surface area (TPSA) is 111 Å². The summed E-state index contributed by atoms with van der Waals surface area (Å²) in [5, 5.41) is 11.5. The van der Waals surface area contributed by atoms with Gasteiger partial charge in [0, 0.05) is 18.3 Å². The Balaban J connectivity index is 1.34. The van der Waals surface area contributed by atoms with E-state index in [-0.39, 0.29) is 16.0 Å². The second kappa shape index (κ2) is 8.02. The molecule has 1 aromatic carbocycles. The molecule has 1 N–H and O–H groups in total. The number of thiophene rings is 1. The van der Waals surface area contributed by atoms with Crippen LogP contribution >= 0.6 is 34.3 Å². The highest BCUT2D eigenvalue weighted by atomic mass is 35.5. The summed E-state index contributed by atoms with van der Waals surface area (Å²) in [6, 6.07) is 7.68. The van der Waals surface area contributed by atoms with Crippen molar-refractivity contribution >= 4 is 55.9 Å². The number of fused-ring (bicyclic) bond motifs is 1. The highest BCUT2D eigenvalue weighted by Crippen LogP contribution is 2.40. The molecular formula is C18H15ClN4O5S3. The van der Waals surface area contributed by atoms with Crippen LogP contribution in [0.1, 0.15) is 33.7 Å². The van der Waals surface area contributed by atoms with Gasteiger partial charge in [0.2, 0.25) is 11.8 Å². The van der Waals surface area contributed by atoms with Gasteiger partial charge in [-0.15, -0.1) is 21.5 Å². The maximum Gasteiger partial charge on any atom is 0.286 e. The van der Waals surface area contributed by atoms with E-state index in [4.69, 9.17) is 21.1 Å². The Labute approximate surface area is 190 Å². The zero-order valence-electron chi connectivity index (χ0n) is 15.8. The molecule has 162 valence electrons. The van der Waals surface area contributed by atoms with Crippen molar-refractivity contribution in [1.29, 1.82) is 0 Å². The normalized spacial score (nSPS) is 18.4. The lowest BCUT2D eigenvalue weighted by Gasteiger charge is -2.21. The summed E-state index contributed by atoms with van der Waals surface area (Å²) >= 11 is 8.02. The van der Waals surface area contributed by atoms with Gasteiger partial charge in [-0.1, -0.05) is 22.9 Å². The summed E-state index contributed by atoms with van der Waals surface area (Å²) in [6.45, 7) is 0.520. The lowest BCUT2D eigenvalue weighted by Crippen LogP contribution is -2.30. The quantitative estimate of drug-likeness (QED) is 0.570. The SMILES string of the molecule is O=C(Nc1ccc2c(c1)OCO2)c1nnc([C@H]2CCCN2S(=O)(=O)c2ccc(Cl)s2)s1. The fraction of sp³-hybridized carbons (Fsp3) is 0.278. The van der Waals surface area contributed by atoms with E-state index in [0.29, 0.717) is 45.9 Å². The zero-order valence-corrected chi connectivity index (χ0v) is 19.0. The van der Waals surface area contributed by atoms with Gasteiger partial charge in [0.1, 0.15) is 9.22 Å². The van der Waals surface area contributed by atoms with Crippen LogP contribution < -0.4 is 14.8 Å². The van der Waals surface area contributed by atoms with Crippen molar-refractivity contribution in [3.8, 4) is 11.5 Å². The Morgan fingerprint density at radius 1 is 1.16 bits per heavy atom. The molecule has 1 saturated heterocycles. The zero-order chi connectivity index (χ0) is 21.6. The first-order valence-corrected chi connectivity index (χ1v) is 12.7. The fourth-order valence-electron chi connectivity index (χ4n) is 3.45. The van der Waals surface area contributed by atoms with Gasteiger partial charge in [-0.3, -0.25) is 4.79 Å². The number of anilines is 1. The molecule has 31 heavy (non-hydrogen) atoms. The second-order valence-electron chi connectivity index (χ2n) is 6.80. The molecule has 0 saturated carbocycles. The van der Waals surface area contributed by atoms with E-state index in [1.165, 1.54) is 10.4 Å². The average Bonchev–Trinajstić information content (AvgIpc) is 3.52. The van der Waals surface area contributed by atoms with Crippen molar-refractivity contribution in [2.45, 2.75) is 23.1 Å². The summed E-state index contributed by atoms with van der Waals surface area (Å²) in [7, 11) is -3.70. The minimum absolute atomic E-state index is 0.144. The molecular weight excluding hydrogens is 484 g/mol. The minimum Gasteiger partial charge on any atom is -0.454 e. The van der Waals surface area contributed by atoms with Gasteiger partial charge >= 0.3 is 0 Å². The Morgan fingerprint density at radius 3 is 2.81 bits per heavy atom. The number of hydrogen-bond donors (Lipinski definition) is 1. The van der Waals surface area contributed by atoms with Crippen LogP contribution in [0.15, 0.2) is 34.5 Å². The van der Waals surface area contributed by atoms with Crippen molar-refractivity contribution in [1.82, 2.24) is 14.5 Å². The number of ether oxygens (including phenoxy) is 2. The van der Waals surface area contributed by atoms with Crippen molar-refractivity contribution in [3.05, 3.63) is 44.7 Å². The van der Waals surface area contributed by atoms with E-state index in [0.717, 1.165) is 22.7 Å². The Morgan fingerprint density at radius 2 is 2.00 bits per heavy atom. The largest absolute Gasteiger partial charge is 0.454 e. The van der Waals surface area contributed by atoms with Crippen LogP contribution in [-0.4, -0.2) is 42.2 Å². The van der Waals surface area contributed by atoms with Crippen LogP contribution in [0.5, 0.6) is 11.5 Å². The maximum atomic E-state index is 13.0. The standard InChI is InChI=1S/C18H15ClN4O5S3/c19-14-5-6-15(29-14)31(25,26)23-7-1-2-11(23)17-21-22-18(30-17)16(24)20-10-3-4-12-13(8-10)28-9-27-12/h3-6,8,11H,1-2,7,9H2,(H,20,24)/t11-/m1/s1. The van der Waals surface area contributed by atoms with Crippen LogP contribution in [0.4, 0.5) is 5.69 Å². The number of carbonyl (C=O) groups excluding carboxylic acids is 1. The molecule has 0 radical (unpaired) electrons. The molecule has 3 aromatic rings. The molecule has 13 heteroatoms. The molecule has 0 aliphatic carbocycles. The number of nitrogens with one attached hydrogen (secondary N) is 1. The van der Waals surface area contributed by atoms with Crippen molar-refractivity contribution < 1.29 is 22.7 Å². The van der Waals surface area contributed by atoms with Crippen LogP contribution in [0.2, 0.25) is 4.34 Å². The van der Waals surface area contributed by atoms with E-state index >= 15 is 0 Å². The number of benzene rings is 1. The van der Waals surface area contributed by atoms with Gasteiger partial charge in [0.15, 0.2) is 11.5 Å². The van der Waals surface area contributed by atoms with Crippen LogP contribution in [0.25, 0.3) is 0 Å². The van der Waals surface area contributed by atoms with E-state index < -0.39 is 22.0 Å². The monoisotopic (exact) mass is 498 g/mol. The number of nitrogens with zero attached hydrogens (tertiary/aromatic N) is 3. The van der Waals surface area contributed by atoms with Crippen molar-refractivity contribution in [2.24, 2.45) is 0 Å². The van der Waals surface area contributed by atoms with Gasteiger partial charge in [0.05, 0.1) is 10.4 Å². The molecule has 2 aromatic heterocycles. The van der Waals surface area contributed by atoms with Crippen LogP contribution in [0.3, 0.4) is 0 Å². The lowest BCUT2D eigenvalue weighted by molar-refractivity contribution is 0.102. The molecule has 9 nitrogen and oxygen atoms in total. The number of amides is 1.